The standard InChI is InChI=1S/C18H19ClN2O4/c1-3-15(25-13-8-5-4-6-9-13)18(23)24-12(2)17(22)21-14-10-7-11-20-16(14)19/h4-12,15H,3H2,1-2H3,(H,21,22)/t12-,15-/m1/s1. The van der Waals surface area contributed by atoms with Gasteiger partial charge in [-0.25, -0.2) is 9.78 Å². The summed E-state index contributed by atoms with van der Waals surface area (Å²) in [5.41, 5.74) is 0.352. The van der Waals surface area contributed by atoms with Crippen LogP contribution in [0.2, 0.25) is 5.15 Å². The van der Waals surface area contributed by atoms with E-state index in [4.69, 9.17) is 21.1 Å². The van der Waals surface area contributed by atoms with Crippen LogP contribution in [0.25, 0.3) is 0 Å². The maximum atomic E-state index is 12.2. The number of benzene rings is 1. The lowest BCUT2D eigenvalue weighted by Gasteiger charge is -2.19. The van der Waals surface area contributed by atoms with E-state index < -0.39 is 24.1 Å². The van der Waals surface area contributed by atoms with Gasteiger partial charge in [-0.3, -0.25) is 4.79 Å². The number of nitrogens with zero attached hydrogens (tertiary/aromatic N) is 1. The number of para-hydroxylation sites is 1. The van der Waals surface area contributed by atoms with Gasteiger partial charge in [0.2, 0.25) is 0 Å². The number of hydrogen-bond acceptors (Lipinski definition) is 5. The topological polar surface area (TPSA) is 77.5 Å². The van der Waals surface area contributed by atoms with Crippen LogP contribution in [-0.2, 0) is 14.3 Å². The Kier molecular flexibility index (Phi) is 6.77. The van der Waals surface area contributed by atoms with Gasteiger partial charge in [-0.1, -0.05) is 36.7 Å². The molecule has 0 saturated heterocycles. The molecule has 0 spiro atoms. The summed E-state index contributed by atoms with van der Waals surface area (Å²) >= 11 is 5.89. The van der Waals surface area contributed by atoms with E-state index in [-0.39, 0.29) is 5.15 Å². The molecule has 0 radical (unpaired) electrons. The van der Waals surface area contributed by atoms with E-state index in [0.717, 1.165) is 0 Å². The van der Waals surface area contributed by atoms with Crippen molar-refractivity contribution < 1.29 is 19.1 Å². The van der Waals surface area contributed by atoms with Crippen LogP contribution in [0.3, 0.4) is 0 Å². The number of carbonyl (C=O) groups excluding carboxylic acids is 2. The van der Waals surface area contributed by atoms with Gasteiger partial charge >= 0.3 is 5.97 Å². The van der Waals surface area contributed by atoms with Crippen LogP contribution < -0.4 is 10.1 Å². The van der Waals surface area contributed by atoms with Crippen molar-refractivity contribution in [1.82, 2.24) is 4.98 Å². The molecule has 0 unspecified atom stereocenters. The molecule has 1 aromatic heterocycles. The lowest BCUT2D eigenvalue weighted by Crippen LogP contribution is -2.36. The molecular formula is C18H19ClN2O4. The van der Waals surface area contributed by atoms with E-state index in [0.29, 0.717) is 17.9 Å². The van der Waals surface area contributed by atoms with Crippen molar-refractivity contribution in [2.24, 2.45) is 0 Å². The number of rotatable bonds is 7. The molecule has 0 bridgehead atoms. The summed E-state index contributed by atoms with van der Waals surface area (Å²) in [6.45, 7) is 3.28. The van der Waals surface area contributed by atoms with Crippen molar-refractivity contribution in [3.63, 3.8) is 0 Å². The van der Waals surface area contributed by atoms with Gasteiger partial charge in [0, 0.05) is 6.20 Å². The molecule has 0 aliphatic carbocycles. The summed E-state index contributed by atoms with van der Waals surface area (Å²) in [6, 6.07) is 12.2. The number of nitrogens with one attached hydrogen (secondary N) is 1. The van der Waals surface area contributed by atoms with Crippen LogP contribution in [0.15, 0.2) is 48.7 Å². The Morgan fingerprint density at radius 3 is 2.56 bits per heavy atom. The van der Waals surface area contributed by atoms with Crippen molar-refractivity contribution in [2.45, 2.75) is 32.5 Å². The van der Waals surface area contributed by atoms with Gasteiger partial charge in [0.05, 0.1) is 5.69 Å². The fourth-order valence-corrected chi connectivity index (χ4v) is 2.15. The molecule has 25 heavy (non-hydrogen) atoms. The Bertz CT molecular complexity index is 724. The summed E-state index contributed by atoms with van der Waals surface area (Å²) in [6.07, 6.45) is 0.127. The first kappa shape index (κ1) is 18.7. The average molecular weight is 363 g/mol. The van der Waals surface area contributed by atoms with E-state index in [2.05, 4.69) is 10.3 Å². The zero-order valence-electron chi connectivity index (χ0n) is 13.9. The molecule has 132 valence electrons. The number of ether oxygens (including phenoxy) is 2. The third-order valence-corrected chi connectivity index (χ3v) is 3.64. The van der Waals surface area contributed by atoms with Crippen LogP contribution in [0.4, 0.5) is 5.69 Å². The quantitative estimate of drug-likeness (QED) is 0.602. The smallest absolute Gasteiger partial charge is 0.348 e. The summed E-state index contributed by atoms with van der Waals surface area (Å²) in [4.78, 5) is 28.3. The molecule has 1 amide bonds. The second-order valence-corrected chi connectivity index (χ2v) is 5.60. The van der Waals surface area contributed by atoms with Crippen molar-refractivity contribution in [3.05, 3.63) is 53.8 Å². The molecule has 7 heteroatoms. The third-order valence-electron chi connectivity index (χ3n) is 3.33. The van der Waals surface area contributed by atoms with Crippen LogP contribution in [-0.4, -0.2) is 29.1 Å². The molecule has 1 heterocycles. The Balaban J connectivity index is 1.93. The Hall–Kier alpha value is -2.60. The molecule has 1 aromatic carbocycles. The number of anilines is 1. The Morgan fingerprint density at radius 1 is 1.20 bits per heavy atom. The van der Waals surface area contributed by atoms with Gasteiger partial charge in [-0.2, -0.15) is 0 Å². The van der Waals surface area contributed by atoms with Crippen LogP contribution >= 0.6 is 11.6 Å². The fourth-order valence-electron chi connectivity index (χ4n) is 1.98. The van der Waals surface area contributed by atoms with Gasteiger partial charge in [0.25, 0.3) is 5.91 Å². The minimum Gasteiger partial charge on any atom is -0.479 e. The highest BCUT2D eigenvalue weighted by Crippen LogP contribution is 2.18. The highest BCUT2D eigenvalue weighted by atomic mass is 35.5. The first-order chi connectivity index (χ1) is 12.0. The Morgan fingerprint density at radius 2 is 1.92 bits per heavy atom. The maximum Gasteiger partial charge on any atom is 0.348 e. The number of halogens is 1. The fraction of sp³-hybridized carbons (Fsp3) is 0.278. The number of esters is 1. The molecular weight excluding hydrogens is 344 g/mol. The van der Waals surface area contributed by atoms with Gasteiger partial charge in [-0.15, -0.1) is 0 Å². The van der Waals surface area contributed by atoms with E-state index in [1.54, 1.807) is 43.3 Å². The molecule has 0 fully saturated rings. The predicted octanol–water partition coefficient (Wildman–Crippen LogP) is 3.46. The zero-order valence-corrected chi connectivity index (χ0v) is 14.7. The number of carbonyl (C=O) groups is 2. The van der Waals surface area contributed by atoms with Crippen molar-refractivity contribution >= 4 is 29.2 Å². The number of amides is 1. The number of pyridine rings is 1. The van der Waals surface area contributed by atoms with Gasteiger partial charge in [-0.05, 0) is 37.6 Å². The predicted molar refractivity (Wildman–Crippen MR) is 94.6 cm³/mol. The van der Waals surface area contributed by atoms with Crippen molar-refractivity contribution in [3.8, 4) is 5.75 Å². The molecule has 1 N–H and O–H groups in total. The second-order valence-electron chi connectivity index (χ2n) is 5.24. The maximum absolute atomic E-state index is 12.2. The van der Waals surface area contributed by atoms with E-state index in [1.165, 1.54) is 13.1 Å². The molecule has 2 aromatic rings. The van der Waals surface area contributed by atoms with E-state index in [9.17, 15) is 9.59 Å². The first-order valence-corrected chi connectivity index (χ1v) is 8.22. The summed E-state index contributed by atoms with van der Waals surface area (Å²) < 4.78 is 10.8. The van der Waals surface area contributed by atoms with Crippen molar-refractivity contribution in [2.75, 3.05) is 5.32 Å². The normalized spacial score (nSPS) is 12.8. The Labute approximate surface area is 151 Å². The molecule has 6 nitrogen and oxygen atoms in total. The summed E-state index contributed by atoms with van der Waals surface area (Å²) in [5.74, 6) is -0.547. The minimum atomic E-state index is -1.00. The van der Waals surface area contributed by atoms with Crippen molar-refractivity contribution in [1.29, 1.82) is 0 Å². The lowest BCUT2D eigenvalue weighted by molar-refractivity contribution is -0.160. The highest BCUT2D eigenvalue weighted by molar-refractivity contribution is 6.32. The van der Waals surface area contributed by atoms with Gasteiger partial charge in [0.15, 0.2) is 17.4 Å². The highest BCUT2D eigenvalue weighted by Gasteiger charge is 2.25. The number of aromatic nitrogens is 1. The van der Waals surface area contributed by atoms with Crippen LogP contribution in [0, 0.1) is 0 Å². The largest absolute Gasteiger partial charge is 0.479 e. The van der Waals surface area contributed by atoms with Crippen LogP contribution in [0.5, 0.6) is 5.75 Å². The molecule has 0 aliphatic rings. The second kappa shape index (κ2) is 9.03. The monoisotopic (exact) mass is 362 g/mol. The SMILES string of the molecule is CC[C@@H](Oc1ccccc1)C(=O)O[C@H](C)C(=O)Nc1cccnc1Cl. The van der Waals surface area contributed by atoms with Gasteiger partial charge < -0.3 is 14.8 Å². The zero-order chi connectivity index (χ0) is 18.2. The first-order valence-electron chi connectivity index (χ1n) is 7.84. The average Bonchev–Trinajstić information content (AvgIpc) is 2.62. The molecule has 2 atom stereocenters. The number of hydrogen-bond donors (Lipinski definition) is 1. The third kappa shape index (κ3) is 5.46. The summed E-state index contributed by atoms with van der Waals surface area (Å²) in [5, 5.41) is 2.73. The lowest BCUT2D eigenvalue weighted by atomic mass is 10.2. The molecule has 0 aliphatic heterocycles. The van der Waals surface area contributed by atoms with Gasteiger partial charge in [0.1, 0.15) is 5.75 Å². The molecule has 2 rings (SSSR count). The van der Waals surface area contributed by atoms with E-state index in [1.807, 2.05) is 6.07 Å². The van der Waals surface area contributed by atoms with Crippen LogP contribution in [0.1, 0.15) is 20.3 Å². The molecule has 0 saturated carbocycles. The minimum absolute atomic E-state index is 0.160. The summed E-state index contributed by atoms with van der Waals surface area (Å²) in [7, 11) is 0. The van der Waals surface area contributed by atoms with E-state index >= 15 is 0 Å².